The number of anilines is 3. The van der Waals surface area contributed by atoms with Crippen LogP contribution in [-0.2, 0) is 9.59 Å². The van der Waals surface area contributed by atoms with Crippen LogP contribution in [0.5, 0.6) is 0 Å². The fraction of sp³-hybridized carbons (Fsp3) is 0.333. The molecule has 0 spiro atoms. The number of nitrogen functional groups attached to an aromatic ring is 1. The van der Waals surface area contributed by atoms with Gasteiger partial charge in [0, 0.05) is 24.9 Å². The van der Waals surface area contributed by atoms with Gasteiger partial charge in [0.25, 0.3) is 0 Å². The lowest BCUT2D eigenvalue weighted by Crippen LogP contribution is -2.40. The van der Waals surface area contributed by atoms with Gasteiger partial charge in [-0.3, -0.25) is 9.59 Å². The molecule has 7 nitrogen and oxygen atoms in total. The Bertz CT molecular complexity index is 1280. The average molecular weight is 540 g/mol. The molecule has 1 saturated heterocycles. The molecule has 210 valence electrons. The molecular weight excluding hydrogens is 498 g/mol. The van der Waals surface area contributed by atoms with Crippen molar-refractivity contribution in [2.75, 3.05) is 42.5 Å². The van der Waals surface area contributed by atoms with Gasteiger partial charge in [-0.15, -0.1) is 0 Å². The number of hydrogen-bond acceptors (Lipinski definition) is 5. The van der Waals surface area contributed by atoms with Gasteiger partial charge in [0.15, 0.2) is 0 Å². The van der Waals surface area contributed by atoms with E-state index in [1.165, 1.54) is 30.9 Å². The summed E-state index contributed by atoms with van der Waals surface area (Å²) in [5.41, 5.74) is 10.7. The van der Waals surface area contributed by atoms with Crippen LogP contribution >= 0.6 is 0 Å². The second-order valence-electron chi connectivity index (χ2n) is 10.6. The predicted octanol–water partition coefficient (Wildman–Crippen LogP) is 5.80. The van der Waals surface area contributed by atoms with Crippen molar-refractivity contribution in [1.82, 2.24) is 10.2 Å². The molecule has 1 fully saturated rings. The van der Waals surface area contributed by atoms with Gasteiger partial charge in [0.2, 0.25) is 11.8 Å². The number of nitrogens with zero attached hydrogens (tertiary/aromatic N) is 1. The minimum absolute atomic E-state index is 0.0981. The van der Waals surface area contributed by atoms with Crippen LogP contribution in [0.25, 0.3) is 6.08 Å². The smallest absolute Gasteiger partial charge is 0.248 e. The third kappa shape index (κ3) is 8.53. The molecule has 5 N–H and O–H groups in total. The van der Waals surface area contributed by atoms with Gasteiger partial charge in [-0.05, 0) is 78.9 Å². The lowest BCUT2D eigenvalue weighted by molar-refractivity contribution is -0.118. The molecule has 4 rings (SSSR count). The molecular formula is C33H41N5O2. The highest BCUT2D eigenvalue weighted by atomic mass is 16.2. The second kappa shape index (κ2) is 14.4. The maximum absolute atomic E-state index is 13.5. The van der Waals surface area contributed by atoms with Crippen molar-refractivity contribution in [2.24, 2.45) is 0 Å². The Balaban J connectivity index is 1.42. The Morgan fingerprint density at radius 1 is 0.875 bits per heavy atom. The first kappa shape index (κ1) is 29.1. The van der Waals surface area contributed by atoms with E-state index in [9.17, 15) is 9.59 Å². The lowest BCUT2D eigenvalue weighted by atomic mass is 10.0. The van der Waals surface area contributed by atoms with E-state index in [0.29, 0.717) is 17.3 Å². The monoisotopic (exact) mass is 539 g/mol. The number of likely N-dealkylation sites (tertiary alicyclic amines) is 1. The molecule has 3 aromatic rings. The number of carbonyl (C=O) groups excluding carboxylic acids is 2. The van der Waals surface area contributed by atoms with Crippen molar-refractivity contribution >= 4 is 35.0 Å². The van der Waals surface area contributed by atoms with Crippen molar-refractivity contribution in [1.29, 1.82) is 0 Å². The number of nitrogens with one attached hydrogen (secondary N) is 3. The minimum atomic E-state index is -0.503. The molecule has 1 atom stereocenters. The van der Waals surface area contributed by atoms with E-state index in [0.717, 1.165) is 43.0 Å². The van der Waals surface area contributed by atoms with Gasteiger partial charge < -0.3 is 26.6 Å². The van der Waals surface area contributed by atoms with Crippen molar-refractivity contribution in [2.45, 2.75) is 45.1 Å². The number of nitrogens with two attached hydrogens (primary N) is 1. The van der Waals surface area contributed by atoms with Gasteiger partial charge >= 0.3 is 0 Å². The summed E-state index contributed by atoms with van der Waals surface area (Å²) in [6.07, 6.45) is 6.99. The first-order chi connectivity index (χ1) is 19.4. The van der Waals surface area contributed by atoms with Crippen LogP contribution in [0.1, 0.15) is 61.8 Å². The van der Waals surface area contributed by atoms with Crippen LogP contribution in [-0.4, -0.2) is 42.9 Å². The number of rotatable bonds is 11. The summed E-state index contributed by atoms with van der Waals surface area (Å²) in [4.78, 5) is 28.3. The van der Waals surface area contributed by atoms with E-state index < -0.39 is 6.04 Å². The predicted molar refractivity (Wildman–Crippen MR) is 165 cm³/mol. The molecule has 0 bridgehead atoms. The quantitative estimate of drug-likeness (QED) is 0.182. The normalized spacial score (nSPS) is 14.8. The average Bonchev–Trinajstić information content (AvgIpc) is 2.96. The van der Waals surface area contributed by atoms with Crippen LogP contribution in [0.15, 0.2) is 78.9 Å². The van der Waals surface area contributed by atoms with Crippen LogP contribution in [0.3, 0.4) is 0 Å². The summed E-state index contributed by atoms with van der Waals surface area (Å²) in [6.45, 7) is 8.17. The number of carbonyl (C=O) groups is 2. The fourth-order valence-corrected chi connectivity index (χ4v) is 4.83. The molecule has 1 aliphatic heterocycles. The Hall–Kier alpha value is -3.94. The zero-order valence-electron chi connectivity index (χ0n) is 23.5. The molecule has 1 heterocycles. The van der Waals surface area contributed by atoms with Crippen molar-refractivity contribution in [3.05, 3.63) is 95.6 Å². The lowest BCUT2D eigenvalue weighted by Gasteiger charge is -2.27. The van der Waals surface area contributed by atoms with E-state index in [2.05, 4.69) is 46.8 Å². The van der Waals surface area contributed by atoms with E-state index in [1.54, 1.807) is 18.2 Å². The molecule has 0 aromatic heterocycles. The number of hydrogen-bond donors (Lipinski definition) is 4. The zero-order chi connectivity index (χ0) is 28.3. The van der Waals surface area contributed by atoms with Gasteiger partial charge in [0.1, 0.15) is 6.04 Å². The maximum Gasteiger partial charge on any atom is 0.248 e. The van der Waals surface area contributed by atoms with E-state index in [-0.39, 0.29) is 11.8 Å². The summed E-state index contributed by atoms with van der Waals surface area (Å²) in [6, 6.07) is 22.4. The molecule has 40 heavy (non-hydrogen) atoms. The molecule has 3 aromatic carbocycles. The van der Waals surface area contributed by atoms with Gasteiger partial charge in [-0.25, -0.2) is 0 Å². The third-order valence-electron chi connectivity index (χ3n) is 7.25. The summed E-state index contributed by atoms with van der Waals surface area (Å²) >= 11 is 0. The largest absolute Gasteiger partial charge is 0.397 e. The Morgan fingerprint density at radius 2 is 1.55 bits per heavy atom. The highest BCUT2D eigenvalue weighted by Crippen LogP contribution is 2.21. The van der Waals surface area contributed by atoms with Crippen LogP contribution in [0, 0.1) is 0 Å². The van der Waals surface area contributed by atoms with E-state index in [4.69, 9.17) is 5.73 Å². The minimum Gasteiger partial charge on any atom is -0.397 e. The Morgan fingerprint density at radius 3 is 2.23 bits per heavy atom. The number of para-hydroxylation sites is 2. The fourth-order valence-electron chi connectivity index (χ4n) is 4.83. The van der Waals surface area contributed by atoms with Crippen LogP contribution < -0.4 is 21.7 Å². The van der Waals surface area contributed by atoms with Crippen molar-refractivity contribution in [3.63, 3.8) is 0 Å². The summed E-state index contributed by atoms with van der Waals surface area (Å²) < 4.78 is 0. The Kier molecular flexibility index (Phi) is 10.5. The maximum atomic E-state index is 13.5. The zero-order valence-corrected chi connectivity index (χ0v) is 23.5. The molecule has 0 radical (unpaired) electrons. The standard InChI is InChI=1S/C33H41N5O2/c1-24(2)26-15-17-28(18-16-26)36-33(40)32(35-20-23-38-21-6-3-7-22-38)27-13-10-25(11-14-27)12-19-31(39)37-30-9-5-4-8-29(30)34/h4-5,8-19,24,32,35H,3,6-7,20-23,34H2,1-2H3,(H,36,40)(H,37,39). The summed E-state index contributed by atoms with van der Waals surface area (Å²) in [5.74, 6) is 0.0743. The van der Waals surface area contributed by atoms with Crippen molar-refractivity contribution < 1.29 is 9.59 Å². The first-order valence-corrected chi connectivity index (χ1v) is 14.2. The SMILES string of the molecule is CC(C)c1ccc(NC(=O)C(NCCN2CCCCC2)c2ccc(C=CC(=O)Nc3ccccc3N)cc2)cc1. The molecule has 0 saturated carbocycles. The number of piperidine rings is 1. The number of amides is 2. The molecule has 7 heteroatoms. The first-order valence-electron chi connectivity index (χ1n) is 14.2. The summed E-state index contributed by atoms with van der Waals surface area (Å²) in [7, 11) is 0. The van der Waals surface area contributed by atoms with Crippen LogP contribution in [0.4, 0.5) is 17.1 Å². The molecule has 1 unspecified atom stereocenters. The third-order valence-corrected chi connectivity index (χ3v) is 7.25. The molecule has 0 aliphatic carbocycles. The van der Waals surface area contributed by atoms with Crippen molar-refractivity contribution in [3.8, 4) is 0 Å². The topological polar surface area (TPSA) is 99.5 Å². The van der Waals surface area contributed by atoms with E-state index in [1.807, 2.05) is 48.5 Å². The van der Waals surface area contributed by atoms with E-state index >= 15 is 0 Å². The highest BCUT2D eigenvalue weighted by molar-refractivity contribution is 6.03. The van der Waals surface area contributed by atoms with Crippen LogP contribution in [0.2, 0.25) is 0 Å². The summed E-state index contributed by atoms with van der Waals surface area (Å²) in [5, 5.41) is 9.36. The molecule has 1 aliphatic rings. The number of benzene rings is 3. The van der Waals surface area contributed by atoms with Gasteiger partial charge in [-0.2, -0.15) is 0 Å². The van der Waals surface area contributed by atoms with Gasteiger partial charge in [-0.1, -0.05) is 68.8 Å². The Labute approximate surface area is 237 Å². The second-order valence-corrected chi connectivity index (χ2v) is 10.6. The molecule has 2 amide bonds. The van der Waals surface area contributed by atoms with Gasteiger partial charge in [0.05, 0.1) is 11.4 Å². The highest BCUT2D eigenvalue weighted by Gasteiger charge is 2.21.